The number of nitrogens with zero attached hydrogens (tertiary/aromatic N) is 1. The highest BCUT2D eigenvalue weighted by Crippen LogP contribution is 2.35. The minimum atomic E-state index is 0.126. The predicted molar refractivity (Wildman–Crippen MR) is 161 cm³/mol. The SMILES string of the molecule is Cc1cc(Cl)c(OCCOc2ccc(C3=C(C(=O)N(Cc4ccccc4Br)C4CC4)CNCC3)cc2)c(Cl)c1. The summed E-state index contributed by atoms with van der Waals surface area (Å²) in [6.45, 7) is 4.62. The quantitative estimate of drug-likeness (QED) is 0.237. The molecule has 1 heterocycles. The zero-order chi connectivity index (χ0) is 27.4. The van der Waals surface area contributed by atoms with Crippen molar-refractivity contribution in [2.24, 2.45) is 0 Å². The number of ether oxygens (including phenoxy) is 2. The van der Waals surface area contributed by atoms with Crippen LogP contribution < -0.4 is 14.8 Å². The Balaban J connectivity index is 1.25. The highest BCUT2D eigenvalue weighted by atomic mass is 79.9. The van der Waals surface area contributed by atoms with Crippen molar-refractivity contribution in [2.75, 3.05) is 26.3 Å². The smallest absolute Gasteiger partial charge is 0.251 e. The molecule has 0 radical (unpaired) electrons. The Bertz CT molecular complexity index is 1350. The molecule has 1 fully saturated rings. The molecular weight excluding hydrogens is 599 g/mol. The van der Waals surface area contributed by atoms with E-state index < -0.39 is 0 Å². The summed E-state index contributed by atoms with van der Waals surface area (Å²) in [6, 6.07) is 20.0. The second-order valence-electron chi connectivity index (χ2n) is 9.92. The van der Waals surface area contributed by atoms with Crippen molar-refractivity contribution in [3.63, 3.8) is 0 Å². The average molecular weight is 630 g/mol. The summed E-state index contributed by atoms with van der Waals surface area (Å²) in [5.41, 5.74) is 5.12. The molecule has 0 spiro atoms. The number of carbonyl (C=O) groups excluding carboxylic acids is 1. The lowest BCUT2D eigenvalue weighted by atomic mass is 9.93. The van der Waals surface area contributed by atoms with E-state index in [4.69, 9.17) is 32.7 Å². The second kappa shape index (κ2) is 12.8. The molecule has 0 saturated heterocycles. The molecular formula is C31H31BrCl2N2O3. The summed E-state index contributed by atoms with van der Waals surface area (Å²) < 4.78 is 12.7. The molecule has 3 aromatic carbocycles. The number of hydrogen-bond acceptors (Lipinski definition) is 4. The van der Waals surface area contributed by atoms with Crippen LogP contribution in [-0.4, -0.2) is 43.2 Å². The largest absolute Gasteiger partial charge is 0.490 e. The molecule has 39 heavy (non-hydrogen) atoms. The summed E-state index contributed by atoms with van der Waals surface area (Å²) in [5, 5.41) is 4.38. The number of hydrogen-bond donors (Lipinski definition) is 1. The van der Waals surface area contributed by atoms with E-state index in [0.717, 1.165) is 63.9 Å². The third-order valence-electron chi connectivity index (χ3n) is 6.97. The summed E-state index contributed by atoms with van der Waals surface area (Å²) in [5.74, 6) is 1.33. The molecule has 2 aliphatic rings. The van der Waals surface area contributed by atoms with Crippen LogP contribution in [0.15, 0.2) is 70.7 Å². The number of aryl methyl sites for hydroxylation is 1. The predicted octanol–water partition coefficient (Wildman–Crippen LogP) is 7.46. The van der Waals surface area contributed by atoms with Crippen LogP contribution in [-0.2, 0) is 11.3 Å². The highest BCUT2D eigenvalue weighted by Gasteiger charge is 2.35. The maximum Gasteiger partial charge on any atom is 0.251 e. The van der Waals surface area contributed by atoms with Crippen LogP contribution in [0, 0.1) is 6.92 Å². The van der Waals surface area contributed by atoms with Gasteiger partial charge in [-0.15, -0.1) is 0 Å². The topological polar surface area (TPSA) is 50.8 Å². The van der Waals surface area contributed by atoms with Crippen molar-refractivity contribution in [3.05, 3.63) is 97.4 Å². The fourth-order valence-corrected chi connectivity index (χ4v) is 5.94. The maximum absolute atomic E-state index is 13.9. The highest BCUT2D eigenvalue weighted by molar-refractivity contribution is 9.10. The van der Waals surface area contributed by atoms with Gasteiger partial charge in [-0.25, -0.2) is 0 Å². The normalized spacial score (nSPS) is 15.3. The Labute approximate surface area is 248 Å². The third kappa shape index (κ3) is 6.98. The molecule has 0 atom stereocenters. The first-order chi connectivity index (χ1) is 18.9. The van der Waals surface area contributed by atoms with Gasteiger partial charge >= 0.3 is 0 Å². The van der Waals surface area contributed by atoms with Gasteiger partial charge < -0.3 is 19.7 Å². The van der Waals surface area contributed by atoms with Crippen molar-refractivity contribution in [1.29, 1.82) is 0 Å². The molecule has 204 valence electrons. The van der Waals surface area contributed by atoms with Crippen LogP contribution in [0.25, 0.3) is 5.57 Å². The minimum absolute atomic E-state index is 0.126. The molecule has 5 nitrogen and oxygen atoms in total. The standard InChI is InChI=1S/C31H31BrCl2N2O3/c1-20-16-28(33)30(29(34)17-20)39-15-14-38-24-10-6-21(7-11-24)25-12-13-35-18-26(25)31(37)36(23-8-9-23)19-22-4-2-3-5-27(22)32/h2-7,10-11,16-17,23,35H,8-9,12-15,18-19H2,1H3. The summed E-state index contributed by atoms with van der Waals surface area (Å²) in [6.07, 6.45) is 2.93. The van der Waals surface area contributed by atoms with E-state index in [0.29, 0.717) is 48.1 Å². The zero-order valence-electron chi connectivity index (χ0n) is 21.8. The molecule has 1 saturated carbocycles. The number of benzene rings is 3. The molecule has 3 aromatic rings. The third-order valence-corrected chi connectivity index (χ3v) is 8.30. The molecule has 8 heteroatoms. The molecule has 0 unspecified atom stereocenters. The molecule has 0 aromatic heterocycles. The molecule has 1 amide bonds. The van der Waals surface area contributed by atoms with E-state index in [-0.39, 0.29) is 5.91 Å². The lowest BCUT2D eigenvalue weighted by Crippen LogP contribution is -2.39. The van der Waals surface area contributed by atoms with Gasteiger partial charge in [-0.3, -0.25) is 4.79 Å². The van der Waals surface area contributed by atoms with E-state index in [2.05, 4.69) is 27.3 Å². The zero-order valence-corrected chi connectivity index (χ0v) is 24.9. The molecule has 1 N–H and O–H groups in total. The van der Waals surface area contributed by atoms with Crippen molar-refractivity contribution in [2.45, 2.75) is 38.8 Å². The van der Waals surface area contributed by atoms with Crippen LogP contribution in [0.5, 0.6) is 11.5 Å². The van der Waals surface area contributed by atoms with E-state index in [9.17, 15) is 4.79 Å². The first kappa shape index (κ1) is 28.0. The van der Waals surface area contributed by atoms with E-state index >= 15 is 0 Å². The van der Waals surface area contributed by atoms with Crippen molar-refractivity contribution < 1.29 is 14.3 Å². The van der Waals surface area contributed by atoms with Crippen molar-refractivity contribution in [1.82, 2.24) is 10.2 Å². The summed E-state index contributed by atoms with van der Waals surface area (Å²) in [7, 11) is 0. The number of halogens is 3. The van der Waals surface area contributed by atoms with E-state index in [1.54, 1.807) is 0 Å². The van der Waals surface area contributed by atoms with Gasteiger partial charge in [0.15, 0.2) is 5.75 Å². The second-order valence-corrected chi connectivity index (χ2v) is 11.6. The fraction of sp³-hybridized carbons (Fsp3) is 0.323. The number of rotatable bonds is 10. The van der Waals surface area contributed by atoms with Crippen LogP contribution in [0.1, 0.15) is 36.0 Å². The first-order valence-electron chi connectivity index (χ1n) is 13.2. The van der Waals surface area contributed by atoms with Crippen LogP contribution in [0.4, 0.5) is 0 Å². The van der Waals surface area contributed by atoms with Gasteiger partial charge in [0.25, 0.3) is 5.91 Å². The number of carbonyl (C=O) groups is 1. The van der Waals surface area contributed by atoms with Crippen molar-refractivity contribution in [3.8, 4) is 11.5 Å². The Hall–Kier alpha value is -2.51. The molecule has 1 aliphatic heterocycles. The summed E-state index contributed by atoms with van der Waals surface area (Å²) in [4.78, 5) is 15.9. The monoisotopic (exact) mass is 628 g/mol. The van der Waals surface area contributed by atoms with Gasteiger partial charge in [-0.1, -0.05) is 69.5 Å². The van der Waals surface area contributed by atoms with Crippen LogP contribution in [0.2, 0.25) is 10.0 Å². The van der Waals surface area contributed by atoms with E-state index in [1.807, 2.05) is 66.4 Å². The average Bonchev–Trinajstić information content (AvgIpc) is 3.77. The molecule has 1 aliphatic carbocycles. The molecule has 0 bridgehead atoms. The van der Waals surface area contributed by atoms with Gasteiger partial charge in [0, 0.05) is 29.2 Å². The summed E-state index contributed by atoms with van der Waals surface area (Å²) >= 11 is 16.2. The van der Waals surface area contributed by atoms with Crippen LogP contribution in [0.3, 0.4) is 0 Å². The lowest BCUT2D eigenvalue weighted by molar-refractivity contribution is -0.128. The Morgan fingerprint density at radius 3 is 2.41 bits per heavy atom. The van der Waals surface area contributed by atoms with Gasteiger partial charge in [0.05, 0.1) is 10.0 Å². The fourth-order valence-electron chi connectivity index (χ4n) is 4.82. The van der Waals surface area contributed by atoms with Gasteiger partial charge in [0.1, 0.15) is 19.0 Å². The molecule has 5 rings (SSSR count). The van der Waals surface area contributed by atoms with E-state index in [1.165, 1.54) is 0 Å². The van der Waals surface area contributed by atoms with Gasteiger partial charge in [0.2, 0.25) is 0 Å². The Kier molecular flexibility index (Phi) is 9.18. The lowest BCUT2D eigenvalue weighted by Gasteiger charge is -2.28. The van der Waals surface area contributed by atoms with Gasteiger partial charge in [-0.05, 0) is 85.3 Å². The Morgan fingerprint density at radius 1 is 1.03 bits per heavy atom. The van der Waals surface area contributed by atoms with Gasteiger partial charge in [-0.2, -0.15) is 0 Å². The number of amides is 1. The van der Waals surface area contributed by atoms with Crippen LogP contribution >= 0.6 is 39.1 Å². The maximum atomic E-state index is 13.9. The first-order valence-corrected chi connectivity index (χ1v) is 14.7. The van der Waals surface area contributed by atoms with Crippen molar-refractivity contribution >= 4 is 50.6 Å². The Morgan fingerprint density at radius 2 is 1.72 bits per heavy atom. The minimum Gasteiger partial charge on any atom is -0.490 e. The number of nitrogens with one attached hydrogen (secondary N) is 1.